The molecule has 6 N–H and O–H groups in total. The van der Waals surface area contributed by atoms with Gasteiger partial charge in [-0.25, -0.2) is 0 Å². The normalized spacial score (nSPS) is 23.3. The molecule has 9 heteroatoms. The lowest BCUT2D eigenvalue weighted by Crippen LogP contribution is -2.32. The first kappa shape index (κ1) is 20.0. The van der Waals surface area contributed by atoms with E-state index in [0.29, 0.717) is 30.5 Å². The molecule has 1 amide bonds. The number of benzene rings is 2. The number of hydrogen-bond acceptors (Lipinski definition) is 8. The van der Waals surface area contributed by atoms with E-state index in [9.17, 15) is 35.4 Å². The summed E-state index contributed by atoms with van der Waals surface area (Å²) >= 11 is 0. The number of phenols is 5. The van der Waals surface area contributed by atoms with E-state index in [1.165, 1.54) is 6.07 Å². The summed E-state index contributed by atoms with van der Waals surface area (Å²) < 4.78 is 6.00. The Hall–Kier alpha value is -3.33. The average Bonchev–Trinajstić information content (AvgIpc) is 3.06. The van der Waals surface area contributed by atoms with Crippen molar-refractivity contribution in [3.8, 4) is 34.5 Å². The van der Waals surface area contributed by atoms with Crippen molar-refractivity contribution in [1.29, 1.82) is 0 Å². The summed E-state index contributed by atoms with van der Waals surface area (Å²) in [4.78, 5) is 13.8. The Labute approximate surface area is 172 Å². The van der Waals surface area contributed by atoms with Crippen molar-refractivity contribution < 1.29 is 40.2 Å². The summed E-state index contributed by atoms with van der Waals surface area (Å²) in [6.45, 7) is 2.26. The van der Waals surface area contributed by atoms with E-state index >= 15 is 0 Å². The van der Waals surface area contributed by atoms with Gasteiger partial charge < -0.3 is 40.3 Å². The minimum atomic E-state index is -1.14. The molecular weight excluding hydrogens is 394 g/mol. The Balaban J connectivity index is 1.82. The Bertz CT molecular complexity index is 998. The molecule has 2 heterocycles. The second-order valence-corrected chi connectivity index (χ2v) is 7.59. The van der Waals surface area contributed by atoms with Crippen LogP contribution in [0, 0.1) is 0 Å². The number of carbonyl (C=O) groups is 1. The van der Waals surface area contributed by atoms with Crippen LogP contribution in [0.2, 0.25) is 0 Å². The van der Waals surface area contributed by atoms with Crippen LogP contribution in [-0.2, 0) is 11.2 Å². The Kier molecular flexibility index (Phi) is 4.77. The molecule has 160 valence electrons. The van der Waals surface area contributed by atoms with E-state index in [4.69, 9.17) is 4.74 Å². The van der Waals surface area contributed by atoms with Crippen molar-refractivity contribution in [2.75, 3.05) is 6.54 Å². The molecule has 2 aromatic rings. The van der Waals surface area contributed by atoms with Crippen molar-refractivity contribution in [3.05, 3.63) is 34.9 Å². The van der Waals surface area contributed by atoms with Crippen LogP contribution in [0.1, 0.15) is 48.6 Å². The van der Waals surface area contributed by atoms with Gasteiger partial charge in [0.05, 0.1) is 17.7 Å². The molecule has 0 bridgehead atoms. The third kappa shape index (κ3) is 3.02. The maximum absolute atomic E-state index is 12.2. The topological polar surface area (TPSA) is 151 Å². The van der Waals surface area contributed by atoms with Crippen molar-refractivity contribution >= 4 is 5.91 Å². The van der Waals surface area contributed by atoms with Crippen LogP contribution < -0.4 is 4.74 Å². The third-order valence-electron chi connectivity index (χ3n) is 5.81. The van der Waals surface area contributed by atoms with Gasteiger partial charge in [-0.05, 0) is 25.5 Å². The molecule has 2 aliphatic heterocycles. The molecule has 2 aromatic carbocycles. The molecule has 0 radical (unpaired) electrons. The van der Waals surface area contributed by atoms with E-state index in [1.54, 1.807) is 4.90 Å². The number of aromatic hydroxyl groups is 5. The smallest absolute Gasteiger partial charge is 0.223 e. The van der Waals surface area contributed by atoms with Crippen molar-refractivity contribution in [2.45, 2.75) is 44.4 Å². The summed E-state index contributed by atoms with van der Waals surface area (Å²) in [5, 5.41) is 60.8. The standard InChI is InChI=1S/C21H23NO8/c1-2-22-11(3-4-17(22)28)18-13(24)8-12(23)10-7-16(27)20(30-21(10)18)9-5-14(25)19(29)15(26)6-9/h5-6,8,11,16,20,23-27,29H,2-4,7H2,1H3/t11-,16+,20+/m0/s1. The van der Waals surface area contributed by atoms with Gasteiger partial charge in [-0.2, -0.15) is 0 Å². The monoisotopic (exact) mass is 417 g/mol. The molecule has 0 aliphatic carbocycles. The Morgan fingerprint density at radius 3 is 2.33 bits per heavy atom. The maximum atomic E-state index is 12.2. The lowest BCUT2D eigenvalue weighted by molar-refractivity contribution is -0.128. The fourth-order valence-electron chi connectivity index (χ4n) is 4.38. The molecule has 2 aliphatic rings. The number of rotatable bonds is 3. The van der Waals surface area contributed by atoms with Gasteiger partial charge in [0, 0.05) is 36.6 Å². The zero-order valence-electron chi connectivity index (χ0n) is 16.2. The molecule has 0 saturated carbocycles. The summed E-state index contributed by atoms with van der Waals surface area (Å²) in [7, 11) is 0. The Morgan fingerprint density at radius 1 is 1.03 bits per heavy atom. The van der Waals surface area contributed by atoms with E-state index < -0.39 is 35.5 Å². The van der Waals surface area contributed by atoms with E-state index in [0.717, 1.165) is 12.1 Å². The number of phenolic OH excluding ortho intramolecular Hbond substituents is 5. The van der Waals surface area contributed by atoms with Gasteiger partial charge in [0.15, 0.2) is 23.4 Å². The maximum Gasteiger partial charge on any atom is 0.223 e. The summed E-state index contributed by atoms with van der Waals surface area (Å²) in [5.74, 6) is -2.21. The van der Waals surface area contributed by atoms with Crippen LogP contribution in [-0.4, -0.2) is 54.1 Å². The SMILES string of the molecule is CCN1C(=O)CC[C@H]1c1c(O)cc(O)c2c1O[C@H](c1cc(O)c(O)c(O)c1)[C@H](O)C2. The predicted octanol–water partition coefficient (Wildman–Crippen LogP) is 1.94. The van der Waals surface area contributed by atoms with Gasteiger partial charge in [-0.3, -0.25) is 4.79 Å². The first-order valence-electron chi connectivity index (χ1n) is 9.69. The van der Waals surface area contributed by atoms with Crippen LogP contribution in [0.3, 0.4) is 0 Å². The van der Waals surface area contributed by atoms with E-state index in [2.05, 4.69) is 0 Å². The zero-order chi connectivity index (χ0) is 21.7. The fraction of sp³-hybridized carbons (Fsp3) is 0.381. The molecule has 0 aromatic heterocycles. The highest BCUT2D eigenvalue weighted by Crippen LogP contribution is 2.51. The third-order valence-corrected chi connectivity index (χ3v) is 5.81. The van der Waals surface area contributed by atoms with E-state index in [1.807, 2.05) is 6.92 Å². The number of aliphatic hydroxyl groups excluding tert-OH is 1. The average molecular weight is 417 g/mol. The van der Waals surface area contributed by atoms with Crippen LogP contribution in [0.15, 0.2) is 18.2 Å². The number of amides is 1. The number of ether oxygens (including phenoxy) is 1. The van der Waals surface area contributed by atoms with Gasteiger partial charge in [0.2, 0.25) is 5.91 Å². The van der Waals surface area contributed by atoms with Crippen LogP contribution in [0.25, 0.3) is 0 Å². The number of carbonyl (C=O) groups excluding carboxylic acids is 1. The zero-order valence-corrected chi connectivity index (χ0v) is 16.2. The molecule has 30 heavy (non-hydrogen) atoms. The van der Waals surface area contributed by atoms with Gasteiger partial charge in [0.1, 0.15) is 17.2 Å². The minimum Gasteiger partial charge on any atom is -0.507 e. The Morgan fingerprint density at radius 2 is 1.70 bits per heavy atom. The molecule has 9 nitrogen and oxygen atoms in total. The summed E-state index contributed by atoms with van der Waals surface area (Å²) in [5.41, 5.74) is 0.846. The molecule has 1 saturated heterocycles. The lowest BCUT2D eigenvalue weighted by Gasteiger charge is -2.35. The minimum absolute atomic E-state index is 0.0195. The predicted molar refractivity (Wildman–Crippen MR) is 104 cm³/mol. The highest BCUT2D eigenvalue weighted by Gasteiger charge is 2.40. The molecule has 4 rings (SSSR count). The van der Waals surface area contributed by atoms with Crippen molar-refractivity contribution in [2.24, 2.45) is 0 Å². The summed E-state index contributed by atoms with van der Waals surface area (Å²) in [6.07, 6.45) is -1.43. The molecule has 3 atom stereocenters. The van der Waals surface area contributed by atoms with Gasteiger partial charge in [0.25, 0.3) is 0 Å². The fourth-order valence-corrected chi connectivity index (χ4v) is 4.38. The second-order valence-electron chi connectivity index (χ2n) is 7.59. The molecule has 0 spiro atoms. The number of hydrogen-bond donors (Lipinski definition) is 6. The van der Waals surface area contributed by atoms with Crippen LogP contribution in [0.4, 0.5) is 0 Å². The first-order valence-corrected chi connectivity index (χ1v) is 9.69. The molecule has 1 fully saturated rings. The van der Waals surface area contributed by atoms with Crippen molar-refractivity contribution in [1.82, 2.24) is 4.90 Å². The quantitative estimate of drug-likeness (QED) is 0.415. The largest absolute Gasteiger partial charge is 0.507 e. The van der Waals surface area contributed by atoms with Crippen LogP contribution in [0.5, 0.6) is 34.5 Å². The number of fused-ring (bicyclic) bond motifs is 1. The number of likely N-dealkylation sites (tertiary alicyclic amines) is 1. The highest BCUT2D eigenvalue weighted by molar-refractivity contribution is 5.80. The molecular formula is C21H23NO8. The number of aliphatic hydroxyl groups is 1. The second kappa shape index (κ2) is 7.17. The van der Waals surface area contributed by atoms with Gasteiger partial charge in [-0.15, -0.1) is 0 Å². The van der Waals surface area contributed by atoms with Gasteiger partial charge >= 0.3 is 0 Å². The molecule has 0 unspecified atom stereocenters. The van der Waals surface area contributed by atoms with Crippen LogP contribution >= 0.6 is 0 Å². The lowest BCUT2D eigenvalue weighted by atomic mass is 9.89. The first-order chi connectivity index (χ1) is 14.2. The highest BCUT2D eigenvalue weighted by atomic mass is 16.5. The van der Waals surface area contributed by atoms with E-state index in [-0.39, 0.29) is 35.1 Å². The number of nitrogens with zero attached hydrogens (tertiary/aromatic N) is 1. The van der Waals surface area contributed by atoms with Gasteiger partial charge in [-0.1, -0.05) is 0 Å². The van der Waals surface area contributed by atoms with Crippen molar-refractivity contribution in [3.63, 3.8) is 0 Å². The summed E-state index contributed by atoms with van der Waals surface area (Å²) in [6, 6.07) is 3.05.